The molecule has 3 heteroatoms. The Kier molecular flexibility index (Phi) is 3.72. The molecule has 0 saturated heterocycles. The second-order valence-electron chi connectivity index (χ2n) is 4.16. The van der Waals surface area contributed by atoms with Gasteiger partial charge in [0.1, 0.15) is 17.2 Å². The molecule has 0 atom stereocenters. The lowest BCUT2D eigenvalue weighted by atomic mass is 10.0. The van der Waals surface area contributed by atoms with Crippen LogP contribution in [0.2, 0.25) is 0 Å². The molecule has 0 aliphatic rings. The second-order valence-corrected chi connectivity index (χ2v) is 4.16. The Hall–Kier alpha value is -2.16. The molecular weight excluding hydrogens is 228 g/mol. The molecule has 0 bridgehead atoms. The first-order valence-corrected chi connectivity index (χ1v) is 5.83. The van der Waals surface area contributed by atoms with Gasteiger partial charge in [-0.3, -0.25) is 0 Å². The maximum Gasteiger partial charge on any atom is 0.122 e. The van der Waals surface area contributed by atoms with Crippen molar-refractivity contribution in [1.82, 2.24) is 0 Å². The van der Waals surface area contributed by atoms with Gasteiger partial charge in [-0.25, -0.2) is 0 Å². The largest absolute Gasteiger partial charge is 0.508 e. The molecule has 0 amide bonds. The Labute approximate surface area is 106 Å². The molecule has 0 heterocycles. The smallest absolute Gasteiger partial charge is 0.122 e. The van der Waals surface area contributed by atoms with Gasteiger partial charge in [-0.05, 0) is 42.2 Å². The van der Waals surface area contributed by atoms with Gasteiger partial charge in [0.25, 0.3) is 0 Å². The summed E-state index contributed by atoms with van der Waals surface area (Å²) in [4.78, 5) is 0. The summed E-state index contributed by atoms with van der Waals surface area (Å²) in [5, 5.41) is 18.9. The minimum Gasteiger partial charge on any atom is -0.508 e. The summed E-state index contributed by atoms with van der Waals surface area (Å²) in [6.45, 7) is 0. The quantitative estimate of drug-likeness (QED) is 0.869. The summed E-state index contributed by atoms with van der Waals surface area (Å²) in [6, 6.07) is 12.6. The highest BCUT2D eigenvalue weighted by molar-refractivity contribution is 5.39. The number of hydrogen-bond donors (Lipinski definition) is 2. The van der Waals surface area contributed by atoms with Crippen molar-refractivity contribution in [3.05, 3.63) is 53.6 Å². The maximum absolute atomic E-state index is 9.67. The fourth-order valence-corrected chi connectivity index (χ4v) is 1.83. The Morgan fingerprint density at radius 2 is 1.67 bits per heavy atom. The molecule has 0 aliphatic heterocycles. The molecule has 0 saturated carbocycles. The fourth-order valence-electron chi connectivity index (χ4n) is 1.83. The van der Waals surface area contributed by atoms with Crippen LogP contribution in [-0.2, 0) is 12.8 Å². The van der Waals surface area contributed by atoms with Gasteiger partial charge >= 0.3 is 0 Å². The molecule has 94 valence electrons. The highest BCUT2D eigenvalue weighted by atomic mass is 16.5. The Balaban J connectivity index is 2.02. The van der Waals surface area contributed by atoms with E-state index in [2.05, 4.69) is 0 Å². The third-order valence-electron chi connectivity index (χ3n) is 2.91. The Morgan fingerprint density at radius 3 is 2.28 bits per heavy atom. The molecular formula is C15H16O3. The number of phenolic OH excluding ortho intramolecular Hbond substituents is 2. The molecule has 18 heavy (non-hydrogen) atoms. The SMILES string of the molecule is COc1ccc(CCc2ccc(O)cc2O)cc1. The molecule has 2 rings (SSSR count). The van der Waals surface area contributed by atoms with Crippen molar-refractivity contribution in [3.8, 4) is 17.2 Å². The topological polar surface area (TPSA) is 49.7 Å². The minimum absolute atomic E-state index is 0.0840. The van der Waals surface area contributed by atoms with Gasteiger partial charge in [0.15, 0.2) is 0 Å². The third kappa shape index (κ3) is 2.94. The number of methoxy groups -OCH3 is 1. The predicted octanol–water partition coefficient (Wildman–Crippen LogP) is 2.89. The van der Waals surface area contributed by atoms with Crippen molar-refractivity contribution >= 4 is 0 Å². The van der Waals surface area contributed by atoms with E-state index in [9.17, 15) is 10.2 Å². The van der Waals surface area contributed by atoms with Crippen molar-refractivity contribution in [2.24, 2.45) is 0 Å². The summed E-state index contributed by atoms with van der Waals surface area (Å²) in [7, 11) is 1.64. The molecule has 3 nitrogen and oxygen atoms in total. The summed E-state index contributed by atoms with van der Waals surface area (Å²) >= 11 is 0. The number of hydrogen-bond acceptors (Lipinski definition) is 3. The highest BCUT2D eigenvalue weighted by Crippen LogP contribution is 2.24. The zero-order valence-electron chi connectivity index (χ0n) is 10.3. The van der Waals surface area contributed by atoms with Crippen molar-refractivity contribution in [1.29, 1.82) is 0 Å². The minimum atomic E-state index is 0.0840. The van der Waals surface area contributed by atoms with Crippen LogP contribution in [0.15, 0.2) is 42.5 Å². The molecule has 0 radical (unpaired) electrons. The lowest BCUT2D eigenvalue weighted by molar-refractivity contribution is 0.414. The van der Waals surface area contributed by atoms with Gasteiger partial charge in [0.2, 0.25) is 0 Å². The van der Waals surface area contributed by atoms with Crippen LogP contribution >= 0.6 is 0 Å². The number of rotatable bonds is 4. The average Bonchev–Trinajstić information content (AvgIpc) is 2.38. The number of phenols is 2. The van der Waals surface area contributed by atoms with E-state index in [-0.39, 0.29) is 11.5 Å². The third-order valence-corrected chi connectivity index (χ3v) is 2.91. The summed E-state index contributed by atoms with van der Waals surface area (Å²) < 4.78 is 5.10. The van der Waals surface area contributed by atoms with Gasteiger partial charge in [-0.1, -0.05) is 18.2 Å². The number of benzene rings is 2. The van der Waals surface area contributed by atoms with Crippen LogP contribution in [0.5, 0.6) is 17.2 Å². The van der Waals surface area contributed by atoms with E-state index in [1.807, 2.05) is 24.3 Å². The predicted molar refractivity (Wildman–Crippen MR) is 70.2 cm³/mol. The zero-order chi connectivity index (χ0) is 13.0. The van der Waals surface area contributed by atoms with E-state index >= 15 is 0 Å². The molecule has 2 aromatic carbocycles. The van der Waals surface area contributed by atoms with Gasteiger partial charge in [0, 0.05) is 6.07 Å². The molecule has 2 N–H and O–H groups in total. The van der Waals surface area contributed by atoms with E-state index < -0.39 is 0 Å². The van der Waals surface area contributed by atoms with Crippen LogP contribution in [-0.4, -0.2) is 17.3 Å². The Bertz CT molecular complexity index is 518. The van der Waals surface area contributed by atoms with E-state index in [4.69, 9.17) is 4.74 Å². The van der Waals surface area contributed by atoms with E-state index in [1.54, 1.807) is 19.2 Å². The van der Waals surface area contributed by atoms with Crippen LogP contribution in [0.1, 0.15) is 11.1 Å². The zero-order valence-corrected chi connectivity index (χ0v) is 10.3. The standard InChI is InChI=1S/C15H16O3/c1-18-14-8-3-11(4-9-14)2-5-12-6-7-13(16)10-15(12)17/h3-4,6-10,16-17H,2,5H2,1H3. The van der Waals surface area contributed by atoms with E-state index in [0.717, 1.165) is 24.2 Å². The summed E-state index contributed by atoms with van der Waals surface area (Å²) in [5.74, 6) is 1.07. The second kappa shape index (κ2) is 5.45. The summed E-state index contributed by atoms with van der Waals surface area (Å²) in [6.07, 6.45) is 1.57. The van der Waals surface area contributed by atoms with Crippen molar-refractivity contribution in [2.75, 3.05) is 7.11 Å². The van der Waals surface area contributed by atoms with Crippen molar-refractivity contribution < 1.29 is 14.9 Å². The maximum atomic E-state index is 9.67. The lowest BCUT2D eigenvalue weighted by Gasteiger charge is -2.06. The lowest BCUT2D eigenvalue weighted by Crippen LogP contribution is -1.92. The first kappa shape index (κ1) is 12.3. The molecule has 0 spiro atoms. The average molecular weight is 244 g/mol. The molecule has 2 aromatic rings. The molecule has 0 aliphatic carbocycles. The number of aryl methyl sites for hydroxylation is 2. The first-order chi connectivity index (χ1) is 8.69. The van der Waals surface area contributed by atoms with Gasteiger partial charge < -0.3 is 14.9 Å². The monoisotopic (exact) mass is 244 g/mol. The molecule has 0 unspecified atom stereocenters. The number of aromatic hydroxyl groups is 2. The summed E-state index contributed by atoms with van der Waals surface area (Å²) in [5.41, 5.74) is 2.02. The Morgan fingerprint density at radius 1 is 0.944 bits per heavy atom. The van der Waals surface area contributed by atoms with Gasteiger partial charge in [0.05, 0.1) is 7.11 Å². The van der Waals surface area contributed by atoms with Crippen molar-refractivity contribution in [2.45, 2.75) is 12.8 Å². The first-order valence-electron chi connectivity index (χ1n) is 5.83. The van der Waals surface area contributed by atoms with E-state index in [0.29, 0.717) is 0 Å². The molecule has 0 fully saturated rings. The van der Waals surface area contributed by atoms with Crippen molar-refractivity contribution in [3.63, 3.8) is 0 Å². The van der Waals surface area contributed by atoms with E-state index in [1.165, 1.54) is 11.6 Å². The van der Waals surface area contributed by atoms with Gasteiger partial charge in [-0.2, -0.15) is 0 Å². The molecule has 0 aromatic heterocycles. The highest BCUT2D eigenvalue weighted by Gasteiger charge is 2.03. The van der Waals surface area contributed by atoms with Crippen LogP contribution in [0.25, 0.3) is 0 Å². The fraction of sp³-hybridized carbons (Fsp3) is 0.200. The van der Waals surface area contributed by atoms with Crippen LogP contribution in [0.4, 0.5) is 0 Å². The van der Waals surface area contributed by atoms with Gasteiger partial charge in [-0.15, -0.1) is 0 Å². The van der Waals surface area contributed by atoms with Crippen LogP contribution in [0, 0.1) is 0 Å². The normalized spacial score (nSPS) is 10.3. The van der Waals surface area contributed by atoms with Crippen LogP contribution < -0.4 is 4.74 Å². The van der Waals surface area contributed by atoms with Crippen LogP contribution in [0.3, 0.4) is 0 Å². The number of ether oxygens (including phenoxy) is 1.